The molecule has 3 heteroatoms. The van der Waals surface area contributed by atoms with Crippen molar-refractivity contribution in [3.63, 3.8) is 0 Å². The van der Waals surface area contributed by atoms with Gasteiger partial charge in [-0.3, -0.25) is 0 Å². The summed E-state index contributed by atoms with van der Waals surface area (Å²) in [6.45, 7) is 8.82. The van der Waals surface area contributed by atoms with E-state index in [1.807, 2.05) is 0 Å². The zero-order valence-corrected chi connectivity index (χ0v) is 13.1. The highest BCUT2D eigenvalue weighted by atomic mass is 79.9. The van der Waals surface area contributed by atoms with Crippen molar-refractivity contribution in [2.24, 2.45) is 11.7 Å². The lowest BCUT2D eigenvalue weighted by atomic mass is 9.85. The molecular formula is C15H23BrN2. The highest BCUT2D eigenvalue weighted by Crippen LogP contribution is 2.41. The fraction of sp³-hybridized carbons (Fsp3) is 0.600. The van der Waals surface area contributed by atoms with E-state index >= 15 is 0 Å². The van der Waals surface area contributed by atoms with Crippen molar-refractivity contribution in [3.8, 4) is 0 Å². The van der Waals surface area contributed by atoms with Crippen molar-refractivity contribution in [3.05, 3.63) is 28.2 Å². The van der Waals surface area contributed by atoms with Crippen LogP contribution in [0.15, 0.2) is 22.7 Å². The van der Waals surface area contributed by atoms with E-state index in [2.05, 4.69) is 59.8 Å². The smallest absolute Gasteiger partial charge is 0.0401 e. The van der Waals surface area contributed by atoms with Crippen LogP contribution in [0, 0.1) is 12.8 Å². The molecule has 1 aliphatic heterocycles. The first kappa shape index (κ1) is 13.9. The number of hydrogen-bond donors (Lipinski definition) is 1. The fourth-order valence-electron chi connectivity index (χ4n) is 3.20. The van der Waals surface area contributed by atoms with Gasteiger partial charge in [0.15, 0.2) is 0 Å². The maximum atomic E-state index is 5.74. The van der Waals surface area contributed by atoms with Crippen LogP contribution in [0.4, 0.5) is 5.69 Å². The molecule has 2 rings (SSSR count). The van der Waals surface area contributed by atoms with E-state index in [0.29, 0.717) is 5.92 Å². The zero-order chi connectivity index (χ0) is 13.3. The van der Waals surface area contributed by atoms with Gasteiger partial charge in [-0.25, -0.2) is 0 Å². The quantitative estimate of drug-likeness (QED) is 0.922. The standard InChI is InChI=1S/C15H23BrN2/c1-11-10-13(16)4-5-14(11)18-9-7-12(6-8-17)15(18,2)3/h4-5,10,12H,6-9,17H2,1-3H3. The minimum Gasteiger partial charge on any atom is -0.366 e. The molecule has 0 bridgehead atoms. The van der Waals surface area contributed by atoms with Gasteiger partial charge in [0.25, 0.3) is 0 Å². The molecule has 0 amide bonds. The van der Waals surface area contributed by atoms with E-state index < -0.39 is 0 Å². The van der Waals surface area contributed by atoms with Crippen molar-refractivity contribution in [1.82, 2.24) is 0 Å². The van der Waals surface area contributed by atoms with Crippen molar-refractivity contribution in [2.45, 2.75) is 39.2 Å². The van der Waals surface area contributed by atoms with Crippen LogP contribution >= 0.6 is 15.9 Å². The van der Waals surface area contributed by atoms with Gasteiger partial charge in [0, 0.05) is 22.2 Å². The van der Waals surface area contributed by atoms with Gasteiger partial charge in [-0.2, -0.15) is 0 Å². The molecule has 0 radical (unpaired) electrons. The molecule has 0 spiro atoms. The summed E-state index contributed by atoms with van der Waals surface area (Å²) in [5.74, 6) is 0.700. The molecule has 2 nitrogen and oxygen atoms in total. The lowest BCUT2D eigenvalue weighted by molar-refractivity contribution is 0.348. The second-order valence-corrected chi connectivity index (χ2v) is 6.71. The number of rotatable bonds is 3. The van der Waals surface area contributed by atoms with Crippen molar-refractivity contribution >= 4 is 21.6 Å². The maximum Gasteiger partial charge on any atom is 0.0401 e. The largest absolute Gasteiger partial charge is 0.366 e. The molecule has 1 heterocycles. The van der Waals surface area contributed by atoms with Crippen molar-refractivity contribution in [2.75, 3.05) is 18.0 Å². The van der Waals surface area contributed by atoms with Crippen LogP contribution < -0.4 is 10.6 Å². The van der Waals surface area contributed by atoms with Gasteiger partial charge in [-0.1, -0.05) is 15.9 Å². The van der Waals surface area contributed by atoms with Crippen LogP contribution in [0.5, 0.6) is 0 Å². The third-order valence-corrected chi connectivity index (χ3v) is 4.85. The third-order valence-electron chi connectivity index (χ3n) is 4.36. The fourth-order valence-corrected chi connectivity index (χ4v) is 3.67. The van der Waals surface area contributed by atoms with E-state index in [1.165, 1.54) is 17.7 Å². The summed E-state index contributed by atoms with van der Waals surface area (Å²) in [5, 5.41) is 0. The van der Waals surface area contributed by atoms with Crippen LogP contribution in [-0.4, -0.2) is 18.6 Å². The summed E-state index contributed by atoms with van der Waals surface area (Å²) in [5.41, 5.74) is 8.65. The normalized spacial score (nSPS) is 22.5. The van der Waals surface area contributed by atoms with Crippen molar-refractivity contribution in [1.29, 1.82) is 0 Å². The molecule has 1 fully saturated rings. The molecule has 1 saturated heterocycles. The molecule has 0 saturated carbocycles. The first-order valence-corrected chi connectivity index (χ1v) is 7.50. The summed E-state index contributed by atoms with van der Waals surface area (Å²) in [7, 11) is 0. The van der Waals surface area contributed by atoms with Crippen LogP contribution in [-0.2, 0) is 0 Å². The van der Waals surface area contributed by atoms with E-state index in [4.69, 9.17) is 5.73 Å². The number of nitrogens with two attached hydrogens (primary N) is 1. The van der Waals surface area contributed by atoms with Crippen LogP contribution in [0.3, 0.4) is 0 Å². The van der Waals surface area contributed by atoms with Gasteiger partial charge in [-0.05, 0) is 69.8 Å². The summed E-state index contributed by atoms with van der Waals surface area (Å²) in [4.78, 5) is 2.55. The molecule has 0 aliphatic carbocycles. The molecule has 1 unspecified atom stereocenters. The van der Waals surface area contributed by atoms with Gasteiger partial charge in [-0.15, -0.1) is 0 Å². The highest BCUT2D eigenvalue weighted by Gasteiger charge is 2.40. The summed E-state index contributed by atoms with van der Waals surface area (Å²) in [6.07, 6.45) is 2.37. The van der Waals surface area contributed by atoms with E-state index in [0.717, 1.165) is 24.0 Å². The molecule has 1 atom stereocenters. The Bertz CT molecular complexity index is 429. The number of halogens is 1. The van der Waals surface area contributed by atoms with Crippen molar-refractivity contribution < 1.29 is 0 Å². The van der Waals surface area contributed by atoms with Crippen LogP contribution in [0.25, 0.3) is 0 Å². The van der Waals surface area contributed by atoms with Gasteiger partial charge < -0.3 is 10.6 Å². The average Bonchev–Trinajstić information content (AvgIpc) is 2.56. The minimum atomic E-state index is 0.206. The van der Waals surface area contributed by atoms with Gasteiger partial charge in [0.1, 0.15) is 0 Å². The predicted molar refractivity (Wildman–Crippen MR) is 82.1 cm³/mol. The lowest BCUT2D eigenvalue weighted by Crippen LogP contribution is -2.43. The molecule has 1 aliphatic rings. The summed E-state index contributed by atoms with van der Waals surface area (Å²) >= 11 is 3.54. The van der Waals surface area contributed by atoms with E-state index in [-0.39, 0.29) is 5.54 Å². The third kappa shape index (κ3) is 2.43. The second kappa shape index (κ2) is 5.22. The molecular weight excluding hydrogens is 288 g/mol. The lowest BCUT2D eigenvalue weighted by Gasteiger charge is -2.38. The Morgan fingerprint density at radius 1 is 1.44 bits per heavy atom. The number of aryl methyl sites for hydroxylation is 1. The Labute approximate surface area is 119 Å². The highest BCUT2D eigenvalue weighted by molar-refractivity contribution is 9.10. The van der Waals surface area contributed by atoms with Gasteiger partial charge in [0.2, 0.25) is 0 Å². The van der Waals surface area contributed by atoms with E-state index in [1.54, 1.807) is 0 Å². The average molecular weight is 311 g/mol. The van der Waals surface area contributed by atoms with Crippen LogP contribution in [0.1, 0.15) is 32.3 Å². The summed E-state index contributed by atoms with van der Waals surface area (Å²) in [6, 6.07) is 6.56. The first-order chi connectivity index (χ1) is 8.46. The molecule has 100 valence electrons. The number of benzene rings is 1. The predicted octanol–water partition coefficient (Wildman–Crippen LogP) is 3.71. The monoisotopic (exact) mass is 310 g/mol. The Morgan fingerprint density at radius 3 is 2.78 bits per heavy atom. The first-order valence-electron chi connectivity index (χ1n) is 6.70. The number of hydrogen-bond acceptors (Lipinski definition) is 2. The molecule has 2 N–H and O–H groups in total. The SMILES string of the molecule is Cc1cc(Br)ccc1N1CCC(CCN)C1(C)C. The topological polar surface area (TPSA) is 29.3 Å². The second-order valence-electron chi connectivity index (χ2n) is 5.80. The molecule has 1 aromatic carbocycles. The van der Waals surface area contributed by atoms with Crippen LogP contribution in [0.2, 0.25) is 0 Å². The van der Waals surface area contributed by atoms with E-state index in [9.17, 15) is 0 Å². The number of nitrogens with zero attached hydrogens (tertiary/aromatic N) is 1. The zero-order valence-electron chi connectivity index (χ0n) is 11.5. The Morgan fingerprint density at radius 2 is 2.17 bits per heavy atom. The summed E-state index contributed by atoms with van der Waals surface area (Å²) < 4.78 is 1.15. The number of anilines is 1. The Hall–Kier alpha value is -0.540. The molecule has 1 aromatic rings. The van der Waals surface area contributed by atoms with Gasteiger partial charge >= 0.3 is 0 Å². The van der Waals surface area contributed by atoms with Gasteiger partial charge in [0.05, 0.1) is 0 Å². The Balaban J connectivity index is 2.29. The maximum absolute atomic E-state index is 5.74. The molecule has 0 aromatic heterocycles. The Kier molecular flexibility index (Phi) is 4.02. The molecule has 18 heavy (non-hydrogen) atoms. The minimum absolute atomic E-state index is 0.206.